The Bertz CT molecular complexity index is 258. The number of nitrogens with one attached hydrogen (secondary N) is 1. The third-order valence-corrected chi connectivity index (χ3v) is 3.06. The first-order valence-electron chi connectivity index (χ1n) is 4.17. The molecule has 0 saturated heterocycles. The van der Waals surface area contributed by atoms with Crippen LogP contribution in [0.3, 0.4) is 0 Å². The lowest BCUT2D eigenvalue weighted by Gasteiger charge is -2.12. The van der Waals surface area contributed by atoms with Crippen LogP contribution < -0.4 is 5.32 Å². The van der Waals surface area contributed by atoms with E-state index in [0.717, 1.165) is 5.88 Å². The van der Waals surface area contributed by atoms with Crippen molar-refractivity contribution in [3.05, 3.63) is 34.9 Å². The molecule has 2 aliphatic rings. The first-order valence-corrected chi connectivity index (χ1v) is 5.15. The lowest BCUT2D eigenvalue weighted by atomic mass is 9.93. The van der Waals surface area contributed by atoms with Crippen molar-refractivity contribution >= 4 is 11.8 Å². The zero-order valence-corrected chi connectivity index (χ0v) is 8.24. The first kappa shape index (κ1) is 7.99. The topological polar surface area (TPSA) is 12.0 Å². The van der Waals surface area contributed by atoms with Crippen molar-refractivity contribution < 1.29 is 0 Å². The lowest BCUT2D eigenvalue weighted by Crippen LogP contribution is -2.05. The molecular weight excluding hydrogens is 166 g/mol. The second-order valence-electron chi connectivity index (χ2n) is 3.73. The Balaban J connectivity index is 2.34. The van der Waals surface area contributed by atoms with Gasteiger partial charge in [-0.05, 0) is 12.2 Å². The minimum Gasteiger partial charge on any atom is -0.375 e. The van der Waals surface area contributed by atoms with E-state index in [1.54, 1.807) is 0 Å². The number of hydrogen-bond acceptors (Lipinski definition) is 2. The average molecular weight is 179 g/mol. The minimum atomic E-state index is 0.201. The van der Waals surface area contributed by atoms with Gasteiger partial charge in [0.25, 0.3) is 0 Å². The highest BCUT2D eigenvalue weighted by Crippen LogP contribution is 2.32. The summed E-state index contributed by atoms with van der Waals surface area (Å²) in [6.45, 7) is 4.43. The standard InChI is InChI=1S/C10H13NS/c1-10(2)5-3-8-9(4-6-10)12-7-11-8/h3-6,11H,7H2,1-2H3. The molecule has 12 heavy (non-hydrogen) atoms. The summed E-state index contributed by atoms with van der Waals surface area (Å²) in [4.78, 5) is 1.37. The normalized spacial score (nSPS) is 25.2. The zero-order valence-electron chi connectivity index (χ0n) is 7.42. The Morgan fingerprint density at radius 1 is 1.33 bits per heavy atom. The summed E-state index contributed by atoms with van der Waals surface area (Å²) >= 11 is 1.87. The van der Waals surface area contributed by atoms with Gasteiger partial charge in [-0.3, -0.25) is 0 Å². The van der Waals surface area contributed by atoms with Gasteiger partial charge in [0.2, 0.25) is 0 Å². The summed E-state index contributed by atoms with van der Waals surface area (Å²) in [6, 6.07) is 0. The Morgan fingerprint density at radius 3 is 2.92 bits per heavy atom. The molecule has 0 amide bonds. The van der Waals surface area contributed by atoms with Gasteiger partial charge in [0.15, 0.2) is 0 Å². The van der Waals surface area contributed by atoms with Crippen molar-refractivity contribution in [1.82, 2.24) is 5.32 Å². The molecule has 0 aromatic carbocycles. The zero-order chi connectivity index (χ0) is 8.60. The van der Waals surface area contributed by atoms with Crippen molar-refractivity contribution in [2.45, 2.75) is 13.8 Å². The fourth-order valence-electron chi connectivity index (χ4n) is 1.28. The van der Waals surface area contributed by atoms with Crippen molar-refractivity contribution in [2.24, 2.45) is 5.41 Å². The summed E-state index contributed by atoms with van der Waals surface area (Å²) < 4.78 is 0. The molecule has 0 aromatic heterocycles. The molecular formula is C10H13NS. The SMILES string of the molecule is CC1(C)C=CC2=C(C=C1)SCN2. The number of allylic oxidation sites excluding steroid dienone is 4. The predicted octanol–water partition coefficient (Wildman–Crippen LogP) is 2.64. The molecule has 0 saturated carbocycles. The van der Waals surface area contributed by atoms with Crippen molar-refractivity contribution in [3.8, 4) is 0 Å². The van der Waals surface area contributed by atoms with E-state index < -0.39 is 0 Å². The molecule has 2 rings (SSSR count). The Labute approximate surface area is 77.6 Å². The molecule has 2 heteroatoms. The highest BCUT2D eigenvalue weighted by Gasteiger charge is 2.16. The maximum Gasteiger partial charge on any atom is 0.0658 e. The molecule has 0 bridgehead atoms. The van der Waals surface area contributed by atoms with Crippen LogP contribution in [-0.2, 0) is 0 Å². The molecule has 64 valence electrons. The Kier molecular flexibility index (Phi) is 1.80. The van der Waals surface area contributed by atoms with E-state index in [2.05, 4.69) is 43.5 Å². The smallest absolute Gasteiger partial charge is 0.0658 e. The van der Waals surface area contributed by atoms with E-state index in [1.165, 1.54) is 10.6 Å². The Hall–Kier alpha value is -0.630. The molecule has 0 fully saturated rings. The van der Waals surface area contributed by atoms with Crippen LogP contribution in [0, 0.1) is 5.41 Å². The van der Waals surface area contributed by atoms with Gasteiger partial charge in [0.05, 0.1) is 5.88 Å². The fourth-order valence-corrected chi connectivity index (χ4v) is 2.12. The first-order chi connectivity index (χ1) is 5.67. The van der Waals surface area contributed by atoms with Crippen LogP contribution in [-0.4, -0.2) is 5.88 Å². The van der Waals surface area contributed by atoms with Gasteiger partial charge in [-0.1, -0.05) is 26.0 Å². The van der Waals surface area contributed by atoms with Gasteiger partial charge < -0.3 is 5.32 Å². The molecule has 0 aromatic rings. The maximum atomic E-state index is 3.34. The van der Waals surface area contributed by atoms with E-state index in [4.69, 9.17) is 0 Å². The molecule has 1 heterocycles. The van der Waals surface area contributed by atoms with Gasteiger partial charge in [0, 0.05) is 16.0 Å². The molecule has 1 nitrogen and oxygen atoms in total. The van der Waals surface area contributed by atoms with E-state index in [9.17, 15) is 0 Å². The highest BCUT2D eigenvalue weighted by atomic mass is 32.2. The van der Waals surface area contributed by atoms with Gasteiger partial charge in [-0.2, -0.15) is 0 Å². The van der Waals surface area contributed by atoms with Crippen LogP contribution in [0.25, 0.3) is 0 Å². The summed E-state index contributed by atoms with van der Waals surface area (Å²) in [7, 11) is 0. The van der Waals surface area contributed by atoms with Crippen molar-refractivity contribution in [1.29, 1.82) is 0 Å². The largest absolute Gasteiger partial charge is 0.375 e. The quantitative estimate of drug-likeness (QED) is 0.613. The molecule has 1 N–H and O–H groups in total. The van der Waals surface area contributed by atoms with Crippen LogP contribution in [0.4, 0.5) is 0 Å². The number of rotatable bonds is 0. The highest BCUT2D eigenvalue weighted by molar-refractivity contribution is 8.03. The third kappa shape index (κ3) is 1.44. The monoisotopic (exact) mass is 179 g/mol. The van der Waals surface area contributed by atoms with E-state index in [-0.39, 0.29) is 5.41 Å². The van der Waals surface area contributed by atoms with Gasteiger partial charge in [-0.25, -0.2) is 0 Å². The second kappa shape index (κ2) is 2.70. The number of hydrogen-bond donors (Lipinski definition) is 1. The molecule has 0 spiro atoms. The molecule has 0 atom stereocenters. The van der Waals surface area contributed by atoms with Crippen molar-refractivity contribution in [2.75, 3.05) is 5.88 Å². The van der Waals surface area contributed by atoms with E-state index >= 15 is 0 Å². The predicted molar refractivity (Wildman–Crippen MR) is 54.7 cm³/mol. The van der Waals surface area contributed by atoms with Gasteiger partial charge >= 0.3 is 0 Å². The summed E-state index contributed by atoms with van der Waals surface area (Å²) in [5.41, 5.74) is 1.48. The summed E-state index contributed by atoms with van der Waals surface area (Å²) in [5, 5.41) is 3.34. The van der Waals surface area contributed by atoms with E-state index in [1.807, 2.05) is 11.8 Å². The maximum absolute atomic E-state index is 3.34. The van der Waals surface area contributed by atoms with E-state index in [0.29, 0.717) is 0 Å². The van der Waals surface area contributed by atoms with Crippen LogP contribution in [0.5, 0.6) is 0 Å². The lowest BCUT2D eigenvalue weighted by molar-refractivity contribution is 0.626. The second-order valence-corrected chi connectivity index (χ2v) is 4.75. The third-order valence-electron chi connectivity index (χ3n) is 2.10. The molecule has 0 radical (unpaired) electrons. The fraction of sp³-hybridized carbons (Fsp3) is 0.400. The Morgan fingerprint density at radius 2 is 2.08 bits per heavy atom. The van der Waals surface area contributed by atoms with Crippen LogP contribution in [0.2, 0.25) is 0 Å². The molecule has 0 unspecified atom stereocenters. The molecule has 1 aliphatic heterocycles. The van der Waals surface area contributed by atoms with Gasteiger partial charge in [0.1, 0.15) is 0 Å². The number of thioether (sulfide) groups is 1. The summed E-state index contributed by atoms with van der Waals surface area (Å²) in [5.74, 6) is 1.01. The molecule has 1 aliphatic carbocycles. The summed E-state index contributed by atoms with van der Waals surface area (Å²) in [6.07, 6.45) is 8.91. The minimum absolute atomic E-state index is 0.201. The van der Waals surface area contributed by atoms with Crippen molar-refractivity contribution in [3.63, 3.8) is 0 Å². The van der Waals surface area contributed by atoms with Crippen LogP contribution >= 0.6 is 11.8 Å². The van der Waals surface area contributed by atoms with Gasteiger partial charge in [-0.15, -0.1) is 11.8 Å². The van der Waals surface area contributed by atoms with Crippen LogP contribution in [0.15, 0.2) is 34.9 Å². The van der Waals surface area contributed by atoms with Crippen LogP contribution in [0.1, 0.15) is 13.8 Å². The average Bonchev–Trinajstić information content (AvgIpc) is 2.40.